The molecule has 1 heterocycles. The van der Waals surface area contributed by atoms with Crippen molar-refractivity contribution < 1.29 is 14.3 Å². The second-order valence-corrected chi connectivity index (χ2v) is 5.74. The fraction of sp³-hybridized carbons (Fsp3) is 0.158. The molecule has 3 aromatic rings. The van der Waals surface area contributed by atoms with Crippen LogP contribution in [0.5, 0.6) is 0 Å². The lowest BCUT2D eigenvalue weighted by Gasteiger charge is -2.13. The van der Waals surface area contributed by atoms with E-state index >= 15 is 0 Å². The number of halogens is 1. The molecule has 0 radical (unpaired) electrons. The summed E-state index contributed by atoms with van der Waals surface area (Å²) < 4.78 is 15.5. The van der Waals surface area contributed by atoms with E-state index in [0.717, 1.165) is 11.3 Å². The summed E-state index contributed by atoms with van der Waals surface area (Å²) in [4.78, 5) is 15.8. The first-order valence-corrected chi connectivity index (χ1v) is 8.15. The van der Waals surface area contributed by atoms with Gasteiger partial charge in [-0.1, -0.05) is 30.3 Å². The van der Waals surface area contributed by atoms with Gasteiger partial charge in [-0.25, -0.2) is 14.2 Å². The van der Waals surface area contributed by atoms with E-state index in [-0.39, 0.29) is 12.1 Å². The average Bonchev–Trinajstić information content (AvgIpc) is 3.20. The number of aliphatic hydroxyl groups is 1. The minimum atomic E-state index is -1.10. The molecule has 134 valence electrons. The number of amides is 2. The van der Waals surface area contributed by atoms with E-state index in [0.29, 0.717) is 6.54 Å². The van der Waals surface area contributed by atoms with Gasteiger partial charge in [0.05, 0.1) is 12.4 Å². The summed E-state index contributed by atoms with van der Waals surface area (Å²) >= 11 is 0. The molecule has 1 unspecified atom stereocenters. The smallest absolute Gasteiger partial charge is 0.315 e. The van der Waals surface area contributed by atoms with Gasteiger partial charge in [0.15, 0.2) is 0 Å². The Morgan fingerprint density at radius 1 is 1.15 bits per heavy atom. The van der Waals surface area contributed by atoms with Crippen LogP contribution in [-0.2, 0) is 6.54 Å². The highest BCUT2D eigenvalue weighted by Gasteiger charge is 2.13. The molecule has 0 aliphatic heterocycles. The highest BCUT2D eigenvalue weighted by molar-refractivity contribution is 5.73. The topological polar surface area (TPSA) is 79.2 Å². The highest BCUT2D eigenvalue weighted by atomic mass is 19.1. The van der Waals surface area contributed by atoms with Crippen molar-refractivity contribution in [3.63, 3.8) is 0 Å². The summed E-state index contributed by atoms with van der Waals surface area (Å²) in [5.41, 5.74) is 2.06. The molecule has 2 amide bonds. The molecule has 26 heavy (non-hydrogen) atoms. The molecule has 0 bridgehead atoms. The van der Waals surface area contributed by atoms with E-state index in [2.05, 4.69) is 15.6 Å². The Hall–Kier alpha value is -3.19. The molecular formula is C19H19FN4O2. The van der Waals surface area contributed by atoms with Gasteiger partial charge in [0.25, 0.3) is 0 Å². The molecule has 7 heteroatoms. The number of nitrogens with zero attached hydrogens (tertiary/aromatic N) is 2. The average molecular weight is 354 g/mol. The van der Waals surface area contributed by atoms with E-state index in [1.807, 2.05) is 35.0 Å². The fourth-order valence-corrected chi connectivity index (χ4v) is 2.49. The maximum Gasteiger partial charge on any atom is 0.315 e. The van der Waals surface area contributed by atoms with Crippen LogP contribution in [0.2, 0.25) is 0 Å². The lowest BCUT2D eigenvalue weighted by molar-refractivity contribution is 0.169. The second kappa shape index (κ2) is 8.26. The molecule has 0 aliphatic rings. The van der Waals surface area contributed by atoms with Crippen molar-refractivity contribution in [2.75, 3.05) is 6.54 Å². The number of rotatable bonds is 6. The minimum absolute atomic E-state index is 0.0770. The zero-order valence-electron chi connectivity index (χ0n) is 14.0. The maximum atomic E-state index is 13.6. The lowest BCUT2D eigenvalue weighted by atomic mass is 10.1. The molecular weight excluding hydrogens is 335 g/mol. The van der Waals surface area contributed by atoms with Crippen LogP contribution in [0, 0.1) is 5.82 Å². The number of aromatic nitrogens is 2. The van der Waals surface area contributed by atoms with Crippen molar-refractivity contribution in [2.45, 2.75) is 12.6 Å². The number of aliphatic hydroxyl groups excluding tert-OH is 1. The van der Waals surface area contributed by atoms with Crippen LogP contribution in [0.25, 0.3) is 5.69 Å². The SMILES string of the molecule is O=C(NCc1ccc(-n2ccnc2)cc1)NCC(O)c1ccccc1F. The number of carbonyl (C=O) groups is 1. The van der Waals surface area contributed by atoms with Crippen LogP contribution in [0.15, 0.2) is 67.3 Å². The highest BCUT2D eigenvalue weighted by Crippen LogP contribution is 2.15. The molecule has 2 aromatic carbocycles. The van der Waals surface area contributed by atoms with Crippen LogP contribution < -0.4 is 10.6 Å². The van der Waals surface area contributed by atoms with Gasteiger partial charge in [0.1, 0.15) is 5.82 Å². The molecule has 6 nitrogen and oxygen atoms in total. The molecule has 0 saturated carbocycles. The fourth-order valence-electron chi connectivity index (χ4n) is 2.49. The van der Waals surface area contributed by atoms with Gasteiger partial charge < -0.3 is 20.3 Å². The van der Waals surface area contributed by atoms with Gasteiger partial charge in [-0.15, -0.1) is 0 Å². The monoisotopic (exact) mass is 354 g/mol. The third-order valence-corrected chi connectivity index (χ3v) is 3.91. The standard InChI is InChI=1S/C19H19FN4O2/c20-17-4-2-1-3-16(17)18(25)12-23-19(26)22-11-14-5-7-15(8-6-14)24-10-9-21-13-24/h1-10,13,18,25H,11-12H2,(H2,22,23,26). The molecule has 1 atom stereocenters. The van der Waals surface area contributed by atoms with E-state index in [1.54, 1.807) is 24.7 Å². The number of imidazole rings is 1. The van der Waals surface area contributed by atoms with E-state index < -0.39 is 18.0 Å². The Morgan fingerprint density at radius 3 is 2.62 bits per heavy atom. The van der Waals surface area contributed by atoms with Crippen LogP contribution in [0.4, 0.5) is 9.18 Å². The second-order valence-electron chi connectivity index (χ2n) is 5.74. The summed E-state index contributed by atoms with van der Waals surface area (Å²) in [5, 5.41) is 15.2. The molecule has 3 N–H and O–H groups in total. The van der Waals surface area contributed by atoms with Crippen molar-refractivity contribution >= 4 is 6.03 Å². The quantitative estimate of drug-likeness (QED) is 0.636. The zero-order chi connectivity index (χ0) is 18.4. The molecule has 0 spiro atoms. The first-order chi connectivity index (χ1) is 12.6. The Bertz CT molecular complexity index is 850. The Morgan fingerprint density at radius 2 is 1.92 bits per heavy atom. The van der Waals surface area contributed by atoms with Crippen molar-refractivity contribution in [1.29, 1.82) is 0 Å². The Kier molecular flexibility index (Phi) is 5.60. The number of carbonyl (C=O) groups excluding carboxylic acids is 1. The van der Waals surface area contributed by atoms with Gasteiger partial charge >= 0.3 is 6.03 Å². The Labute approximate surface area is 150 Å². The Balaban J connectivity index is 1.46. The van der Waals surface area contributed by atoms with Gasteiger partial charge in [0.2, 0.25) is 0 Å². The first-order valence-electron chi connectivity index (χ1n) is 8.15. The maximum absolute atomic E-state index is 13.6. The summed E-state index contributed by atoms with van der Waals surface area (Å²) in [6, 6.07) is 13.2. The largest absolute Gasteiger partial charge is 0.386 e. The van der Waals surface area contributed by atoms with Crippen molar-refractivity contribution in [2.24, 2.45) is 0 Å². The zero-order valence-corrected chi connectivity index (χ0v) is 14.0. The summed E-state index contributed by atoms with van der Waals surface area (Å²) in [5.74, 6) is -0.500. The molecule has 3 rings (SSSR count). The van der Waals surface area contributed by atoms with Crippen LogP contribution in [-0.4, -0.2) is 27.2 Å². The predicted molar refractivity (Wildman–Crippen MR) is 95.2 cm³/mol. The van der Waals surface area contributed by atoms with Crippen molar-refractivity contribution in [3.05, 3.63) is 84.2 Å². The minimum Gasteiger partial charge on any atom is -0.386 e. The summed E-state index contributed by atoms with van der Waals surface area (Å²) in [6.07, 6.45) is 4.16. The van der Waals surface area contributed by atoms with Gasteiger partial charge in [-0.3, -0.25) is 0 Å². The van der Waals surface area contributed by atoms with E-state index in [9.17, 15) is 14.3 Å². The van der Waals surface area contributed by atoms with Crippen LogP contribution in [0.3, 0.4) is 0 Å². The summed E-state index contributed by atoms with van der Waals surface area (Å²) in [6.45, 7) is 0.262. The van der Waals surface area contributed by atoms with Crippen molar-refractivity contribution in [3.8, 4) is 5.69 Å². The van der Waals surface area contributed by atoms with Gasteiger partial charge in [-0.2, -0.15) is 0 Å². The normalized spacial score (nSPS) is 11.8. The van der Waals surface area contributed by atoms with Gasteiger partial charge in [-0.05, 0) is 23.8 Å². The number of urea groups is 1. The third-order valence-electron chi connectivity index (χ3n) is 3.91. The number of hydrogen-bond donors (Lipinski definition) is 3. The van der Waals surface area contributed by atoms with Crippen LogP contribution >= 0.6 is 0 Å². The molecule has 0 saturated heterocycles. The van der Waals surface area contributed by atoms with Crippen molar-refractivity contribution in [1.82, 2.24) is 20.2 Å². The molecule has 0 aliphatic carbocycles. The number of benzene rings is 2. The van der Waals surface area contributed by atoms with Gasteiger partial charge in [0, 0.05) is 36.7 Å². The third kappa shape index (κ3) is 4.46. The number of nitrogens with one attached hydrogen (secondary N) is 2. The molecule has 0 fully saturated rings. The predicted octanol–water partition coefficient (Wildman–Crippen LogP) is 2.54. The molecule has 1 aromatic heterocycles. The summed E-state index contributed by atoms with van der Waals surface area (Å²) in [7, 11) is 0. The van der Waals surface area contributed by atoms with E-state index in [1.165, 1.54) is 12.1 Å². The lowest BCUT2D eigenvalue weighted by Crippen LogP contribution is -2.37. The van der Waals surface area contributed by atoms with Crippen LogP contribution in [0.1, 0.15) is 17.2 Å². The number of hydrogen-bond acceptors (Lipinski definition) is 3. The van der Waals surface area contributed by atoms with E-state index in [4.69, 9.17) is 0 Å². The first kappa shape index (κ1) is 17.6.